The smallest absolute Gasteiger partial charge is 0.372 e. The van der Waals surface area contributed by atoms with Gasteiger partial charge in [0.05, 0.1) is 17.1 Å². The molecule has 1 aliphatic carbocycles. The second kappa shape index (κ2) is 14.9. The summed E-state index contributed by atoms with van der Waals surface area (Å²) in [6, 6.07) is 41.4. The Morgan fingerprint density at radius 1 is 0.755 bits per heavy atom. The monoisotopic (exact) mass is 747 g/mol. The molecule has 0 amide bonds. The highest BCUT2D eigenvalue weighted by Crippen LogP contribution is 2.45. The summed E-state index contributed by atoms with van der Waals surface area (Å²) in [5.41, 5.74) is 5.27. The highest BCUT2D eigenvalue weighted by molar-refractivity contribution is 7.00. The van der Waals surface area contributed by atoms with Crippen LogP contribution in [0.1, 0.15) is 48.0 Å². The second-order valence-corrected chi connectivity index (χ2v) is 24.4. The van der Waals surface area contributed by atoms with Crippen LogP contribution < -0.4 is 31.8 Å². The van der Waals surface area contributed by atoms with E-state index in [0.29, 0.717) is 13.0 Å². The lowest BCUT2D eigenvalue weighted by Gasteiger charge is -2.53. The average Bonchev–Trinajstić information content (AvgIpc) is 3.11. The Kier molecular flexibility index (Phi) is 10.6. The molecule has 0 aliphatic heterocycles. The molecular formula is C41H49N5O5Si2. The maximum atomic E-state index is 12.1. The molecular weight excluding hydrogens is 699 g/mol. The van der Waals surface area contributed by atoms with Crippen molar-refractivity contribution in [2.45, 2.75) is 70.2 Å². The van der Waals surface area contributed by atoms with Crippen molar-refractivity contribution in [3.8, 4) is 5.88 Å². The van der Waals surface area contributed by atoms with Crippen LogP contribution in [0, 0.1) is 16.0 Å². The molecule has 10 nitrogen and oxygen atoms in total. The van der Waals surface area contributed by atoms with E-state index >= 15 is 0 Å². The van der Waals surface area contributed by atoms with Gasteiger partial charge in [-0.05, 0) is 37.2 Å². The number of hydrogen-bond acceptors (Lipinski definition) is 9. The molecule has 0 bridgehead atoms. The van der Waals surface area contributed by atoms with E-state index in [-0.39, 0.29) is 27.8 Å². The van der Waals surface area contributed by atoms with Crippen LogP contribution >= 0.6 is 0 Å². The first-order valence-corrected chi connectivity index (χ1v) is 21.8. The lowest BCUT2D eigenvalue weighted by molar-refractivity contribution is -0.385. The van der Waals surface area contributed by atoms with E-state index in [0.717, 1.165) is 10.4 Å². The Morgan fingerprint density at radius 2 is 1.17 bits per heavy atom. The van der Waals surface area contributed by atoms with E-state index < -0.39 is 45.3 Å². The van der Waals surface area contributed by atoms with Gasteiger partial charge < -0.3 is 25.0 Å². The number of nitrogens with two attached hydrogens (primary N) is 1. The number of nitrogens with one attached hydrogen (secondary N) is 1. The molecule has 0 saturated heterocycles. The molecule has 53 heavy (non-hydrogen) atoms. The van der Waals surface area contributed by atoms with Gasteiger partial charge in [-0.1, -0.05) is 163 Å². The number of benzene rings is 4. The number of hydrogen-bond donors (Lipinski definition) is 3. The number of aromatic nitrogens is 2. The summed E-state index contributed by atoms with van der Waals surface area (Å²) in [5, 5.41) is 29.9. The summed E-state index contributed by atoms with van der Waals surface area (Å²) in [4.78, 5) is 19.3. The fourth-order valence-electron chi connectivity index (χ4n) is 8.00. The third-order valence-corrected chi connectivity index (χ3v) is 20.5. The van der Waals surface area contributed by atoms with Gasteiger partial charge in [0.25, 0.3) is 22.5 Å². The van der Waals surface area contributed by atoms with Gasteiger partial charge in [0.2, 0.25) is 11.8 Å². The zero-order valence-corrected chi connectivity index (χ0v) is 33.2. The van der Waals surface area contributed by atoms with Gasteiger partial charge in [0, 0.05) is 12.5 Å². The SMILES string of the molecule is CC(C)(C)[Si](OCC1CC(Nc2nc(N)nc(O)c2[N+](=O)[O-])C1O[Si](c1ccccc1)(c1ccccc1)C(C)(C)C)(c1ccccc1)c1ccccc1. The molecule has 5 aromatic rings. The van der Waals surface area contributed by atoms with Crippen LogP contribution in [0.15, 0.2) is 121 Å². The number of anilines is 2. The third kappa shape index (κ3) is 7.11. The molecule has 6 rings (SSSR count). The number of nitrogens with zero attached hydrogens (tertiary/aromatic N) is 3. The molecule has 12 heteroatoms. The number of aromatic hydroxyl groups is 1. The quantitative estimate of drug-likeness (QED) is 0.0796. The van der Waals surface area contributed by atoms with Crippen LogP contribution in [-0.4, -0.2) is 55.4 Å². The van der Waals surface area contributed by atoms with Crippen molar-refractivity contribution in [2.24, 2.45) is 5.92 Å². The van der Waals surface area contributed by atoms with Crippen molar-refractivity contribution >= 4 is 54.8 Å². The molecule has 1 fully saturated rings. The van der Waals surface area contributed by atoms with Gasteiger partial charge in [0.15, 0.2) is 0 Å². The molecule has 1 saturated carbocycles. The van der Waals surface area contributed by atoms with Crippen LogP contribution in [0.2, 0.25) is 10.1 Å². The van der Waals surface area contributed by atoms with E-state index in [1.54, 1.807) is 0 Å². The van der Waals surface area contributed by atoms with E-state index in [1.807, 2.05) is 48.5 Å². The van der Waals surface area contributed by atoms with Crippen LogP contribution in [0.5, 0.6) is 5.88 Å². The predicted octanol–water partition coefficient (Wildman–Crippen LogP) is 5.99. The molecule has 4 N–H and O–H groups in total. The minimum Gasteiger partial charge on any atom is -0.488 e. The maximum Gasteiger partial charge on any atom is 0.372 e. The van der Waals surface area contributed by atoms with E-state index in [9.17, 15) is 15.2 Å². The maximum absolute atomic E-state index is 12.1. The molecule has 1 aliphatic rings. The minimum atomic E-state index is -3.10. The summed E-state index contributed by atoms with van der Waals surface area (Å²) in [5.74, 6) is -1.30. The van der Waals surface area contributed by atoms with E-state index in [1.165, 1.54) is 10.4 Å². The first-order chi connectivity index (χ1) is 25.2. The van der Waals surface area contributed by atoms with Crippen molar-refractivity contribution in [3.63, 3.8) is 0 Å². The zero-order valence-electron chi connectivity index (χ0n) is 31.2. The molecule has 276 valence electrons. The average molecular weight is 748 g/mol. The fourth-order valence-corrected chi connectivity index (χ4v) is 17.4. The summed E-state index contributed by atoms with van der Waals surface area (Å²) < 4.78 is 15.2. The molecule has 4 aromatic carbocycles. The summed E-state index contributed by atoms with van der Waals surface area (Å²) in [6.45, 7) is 13.8. The van der Waals surface area contributed by atoms with Gasteiger partial charge in [-0.2, -0.15) is 9.97 Å². The van der Waals surface area contributed by atoms with Crippen LogP contribution in [-0.2, 0) is 8.85 Å². The van der Waals surface area contributed by atoms with Crippen molar-refractivity contribution < 1.29 is 18.9 Å². The number of nitro groups is 1. The van der Waals surface area contributed by atoms with Crippen molar-refractivity contribution in [3.05, 3.63) is 131 Å². The number of nitrogen functional groups attached to an aromatic ring is 1. The van der Waals surface area contributed by atoms with Crippen LogP contribution in [0.3, 0.4) is 0 Å². The van der Waals surface area contributed by atoms with E-state index in [4.69, 9.17) is 14.6 Å². The van der Waals surface area contributed by atoms with Gasteiger partial charge >= 0.3 is 5.69 Å². The Labute approximate surface area is 313 Å². The van der Waals surface area contributed by atoms with Crippen LogP contribution in [0.25, 0.3) is 0 Å². The summed E-state index contributed by atoms with van der Waals surface area (Å²) >= 11 is 0. The van der Waals surface area contributed by atoms with Gasteiger partial charge in [-0.3, -0.25) is 10.1 Å². The Balaban J connectivity index is 1.47. The fraction of sp³-hybridized carbons (Fsp3) is 0.317. The van der Waals surface area contributed by atoms with Gasteiger partial charge in [-0.15, -0.1) is 0 Å². The van der Waals surface area contributed by atoms with Gasteiger partial charge in [0.1, 0.15) is 0 Å². The Morgan fingerprint density at radius 3 is 1.57 bits per heavy atom. The largest absolute Gasteiger partial charge is 0.488 e. The first kappa shape index (κ1) is 37.9. The van der Waals surface area contributed by atoms with E-state index in [2.05, 4.69) is 130 Å². The molecule has 1 aromatic heterocycles. The number of rotatable bonds is 12. The zero-order chi connectivity index (χ0) is 38.0. The lowest BCUT2D eigenvalue weighted by Crippen LogP contribution is -2.72. The van der Waals surface area contributed by atoms with Gasteiger partial charge in [-0.25, -0.2) is 0 Å². The Bertz CT molecular complexity index is 1930. The highest BCUT2D eigenvalue weighted by Gasteiger charge is 2.57. The topological polar surface area (TPSA) is 146 Å². The molecule has 0 spiro atoms. The summed E-state index contributed by atoms with van der Waals surface area (Å²) in [7, 11) is -6.01. The predicted molar refractivity (Wildman–Crippen MR) is 216 cm³/mol. The van der Waals surface area contributed by atoms with Crippen molar-refractivity contribution in [1.29, 1.82) is 0 Å². The second-order valence-electron chi connectivity index (χ2n) is 15.8. The minimum absolute atomic E-state index is 0.0948. The molecule has 3 unspecified atom stereocenters. The highest BCUT2D eigenvalue weighted by atomic mass is 28.4. The standard InChI is InChI=1S/C41H49N5O5Si2/c1-40(2,3)52(30-19-11-7-12-20-30,31-21-13-8-14-22-31)50-28-29-27-34(43-37-35(46(48)49)38(47)45-39(42)44-37)36(29)51-53(41(4,5)6,32-23-15-9-16-24-32)33-25-17-10-18-26-33/h7-26,29,34,36H,27-28H2,1-6H3,(H4,42,43,44,45,47). The summed E-state index contributed by atoms with van der Waals surface area (Å²) in [6.07, 6.45) is 0.112. The molecule has 3 atom stereocenters. The Hall–Kier alpha value is -4.89. The van der Waals surface area contributed by atoms with Crippen LogP contribution in [0.4, 0.5) is 17.5 Å². The lowest BCUT2D eigenvalue weighted by atomic mass is 9.77. The third-order valence-electron chi connectivity index (χ3n) is 10.5. The normalized spacial score (nSPS) is 17.9. The van der Waals surface area contributed by atoms with Crippen molar-refractivity contribution in [1.82, 2.24) is 9.97 Å². The van der Waals surface area contributed by atoms with Crippen molar-refractivity contribution in [2.75, 3.05) is 17.7 Å². The first-order valence-electron chi connectivity index (χ1n) is 18.0. The molecule has 1 heterocycles. The molecule has 0 radical (unpaired) electrons.